The molecule has 0 aliphatic carbocycles. The predicted octanol–water partition coefficient (Wildman–Crippen LogP) is 13.1. The third-order valence-corrected chi connectivity index (χ3v) is 12.7. The zero-order valence-electron chi connectivity index (χ0n) is 40.4. The van der Waals surface area contributed by atoms with E-state index >= 15 is 0 Å². The fourth-order valence-electron chi connectivity index (χ4n) is 8.48. The Kier molecular flexibility index (Phi) is 33.8. The molecule has 1 saturated heterocycles. The highest BCUT2D eigenvalue weighted by molar-refractivity contribution is 5.88. The van der Waals surface area contributed by atoms with E-state index in [9.17, 15) is 19.2 Å². The molecular weight excluding hydrogens is 753 g/mol. The highest BCUT2D eigenvalue weighted by atomic mass is 16.6. The van der Waals surface area contributed by atoms with Gasteiger partial charge in [0.15, 0.2) is 5.60 Å². The van der Waals surface area contributed by atoms with Crippen LogP contribution < -0.4 is 5.32 Å². The highest BCUT2D eigenvalue weighted by Gasteiger charge is 2.43. The normalized spacial score (nSPS) is 14.0. The molecule has 0 aromatic rings. The lowest BCUT2D eigenvalue weighted by Gasteiger charge is -2.37. The minimum atomic E-state index is -1.16. The number of likely N-dealkylation sites (tertiary alicyclic amines) is 1. The van der Waals surface area contributed by atoms with Crippen LogP contribution in [0, 0.1) is 5.92 Å². The van der Waals surface area contributed by atoms with E-state index in [0.717, 1.165) is 193 Å². The number of ether oxygens (including phenoxy) is 3. The van der Waals surface area contributed by atoms with Crippen molar-refractivity contribution in [3.63, 3.8) is 0 Å². The van der Waals surface area contributed by atoms with Gasteiger partial charge in [0, 0.05) is 25.4 Å². The van der Waals surface area contributed by atoms with Crippen LogP contribution in [0.15, 0.2) is 0 Å². The van der Waals surface area contributed by atoms with Gasteiger partial charge in [0.2, 0.25) is 0 Å². The summed E-state index contributed by atoms with van der Waals surface area (Å²) in [5.41, 5.74) is -1.16. The third-order valence-electron chi connectivity index (χ3n) is 12.7. The van der Waals surface area contributed by atoms with Gasteiger partial charge < -0.3 is 24.4 Å². The summed E-state index contributed by atoms with van der Waals surface area (Å²) < 4.78 is 18.2. The Balaban J connectivity index is 2.78. The molecule has 0 aromatic heterocycles. The van der Waals surface area contributed by atoms with E-state index in [1.807, 2.05) is 0 Å². The zero-order chi connectivity index (χ0) is 44.3. The Labute approximate surface area is 369 Å². The van der Waals surface area contributed by atoms with Crippen LogP contribution in [0.5, 0.6) is 0 Å². The van der Waals surface area contributed by atoms with Crippen LogP contribution in [-0.2, 0) is 33.4 Å². The first-order valence-electron chi connectivity index (χ1n) is 25.7. The molecule has 352 valence electrons. The van der Waals surface area contributed by atoms with E-state index in [2.05, 4.69) is 58.7 Å². The monoisotopic (exact) mass is 849 g/mol. The number of esters is 3. The Morgan fingerprint density at radius 2 is 0.933 bits per heavy atom. The fraction of sp³-hybridized carbons (Fsp3) is 0.922. The molecule has 1 aliphatic rings. The maximum Gasteiger partial charge on any atom is 0.310 e. The van der Waals surface area contributed by atoms with Crippen LogP contribution in [-0.4, -0.2) is 72.2 Å². The molecule has 0 aromatic carbocycles. The van der Waals surface area contributed by atoms with Gasteiger partial charge in [-0.25, -0.2) is 0 Å². The minimum absolute atomic E-state index is 0.0588. The quantitative estimate of drug-likeness (QED) is 0.0370. The summed E-state index contributed by atoms with van der Waals surface area (Å²) in [5, 5.41) is 3.17. The van der Waals surface area contributed by atoms with Crippen molar-refractivity contribution in [3.05, 3.63) is 0 Å². The van der Waals surface area contributed by atoms with Gasteiger partial charge in [-0.1, -0.05) is 144 Å². The molecule has 1 fully saturated rings. The SMILES string of the molecule is CCCCNC(=O)C(CCCCCCCCC(=O)OC(CCCC)CCCC)(CCCCCCCCC(=O)OC(CCCC)CCCC)OC(=O)C1CCN(C(C)C)CC1. The predicted molar refractivity (Wildman–Crippen MR) is 248 cm³/mol. The number of piperidine rings is 1. The van der Waals surface area contributed by atoms with Crippen molar-refractivity contribution in [2.45, 2.75) is 278 Å². The van der Waals surface area contributed by atoms with E-state index in [4.69, 9.17) is 14.2 Å². The number of carbonyl (C=O) groups excluding carboxylic acids is 4. The topological polar surface area (TPSA) is 111 Å². The van der Waals surface area contributed by atoms with Crippen LogP contribution in [0.25, 0.3) is 0 Å². The number of nitrogens with zero attached hydrogens (tertiary/aromatic N) is 1. The number of amides is 1. The summed E-state index contributed by atoms with van der Waals surface area (Å²) in [7, 11) is 0. The maximum absolute atomic E-state index is 14.1. The average molecular weight is 849 g/mol. The van der Waals surface area contributed by atoms with Crippen molar-refractivity contribution < 1.29 is 33.4 Å². The Morgan fingerprint density at radius 1 is 0.550 bits per heavy atom. The summed E-state index contributed by atoms with van der Waals surface area (Å²) in [4.78, 5) is 55.6. The van der Waals surface area contributed by atoms with E-state index in [1.54, 1.807) is 0 Å². The summed E-state index contributed by atoms with van der Waals surface area (Å²) in [6.07, 6.45) is 29.5. The van der Waals surface area contributed by atoms with Crippen LogP contribution in [0.3, 0.4) is 0 Å². The molecule has 1 N–H and O–H groups in total. The molecule has 9 heteroatoms. The van der Waals surface area contributed by atoms with Gasteiger partial charge in [-0.2, -0.15) is 0 Å². The molecule has 0 spiro atoms. The molecule has 9 nitrogen and oxygen atoms in total. The summed E-state index contributed by atoms with van der Waals surface area (Å²) in [6, 6.07) is 0.449. The van der Waals surface area contributed by atoms with Gasteiger partial charge in [-0.05, 0) is 110 Å². The second-order valence-corrected chi connectivity index (χ2v) is 18.5. The van der Waals surface area contributed by atoms with Gasteiger partial charge in [0.25, 0.3) is 5.91 Å². The van der Waals surface area contributed by atoms with Gasteiger partial charge in [0.05, 0.1) is 5.92 Å². The summed E-state index contributed by atoms with van der Waals surface area (Å²) in [5.74, 6) is -0.634. The summed E-state index contributed by atoms with van der Waals surface area (Å²) >= 11 is 0. The molecular formula is C51H96N2O7. The summed E-state index contributed by atoms with van der Waals surface area (Å²) in [6.45, 7) is 17.6. The van der Waals surface area contributed by atoms with Gasteiger partial charge >= 0.3 is 17.9 Å². The number of hydrogen-bond acceptors (Lipinski definition) is 8. The second kappa shape index (κ2) is 36.3. The highest BCUT2D eigenvalue weighted by Crippen LogP contribution is 2.32. The fourth-order valence-corrected chi connectivity index (χ4v) is 8.48. The van der Waals surface area contributed by atoms with Gasteiger partial charge in [-0.3, -0.25) is 19.2 Å². The number of unbranched alkanes of at least 4 members (excludes halogenated alkanes) is 15. The zero-order valence-corrected chi connectivity index (χ0v) is 40.4. The maximum atomic E-state index is 14.1. The van der Waals surface area contributed by atoms with Crippen LogP contribution in [0.4, 0.5) is 0 Å². The first kappa shape index (κ1) is 55.9. The van der Waals surface area contributed by atoms with E-state index in [0.29, 0.717) is 38.3 Å². The van der Waals surface area contributed by atoms with Crippen molar-refractivity contribution in [1.29, 1.82) is 0 Å². The number of hydrogen-bond donors (Lipinski definition) is 1. The molecule has 1 aliphatic heterocycles. The molecule has 60 heavy (non-hydrogen) atoms. The van der Waals surface area contributed by atoms with Crippen LogP contribution in [0.2, 0.25) is 0 Å². The molecule has 1 heterocycles. The van der Waals surface area contributed by atoms with Crippen LogP contribution >= 0.6 is 0 Å². The molecule has 1 amide bonds. The molecule has 0 unspecified atom stereocenters. The van der Waals surface area contributed by atoms with Crippen molar-refractivity contribution >= 4 is 23.8 Å². The molecule has 0 radical (unpaired) electrons. The second-order valence-electron chi connectivity index (χ2n) is 18.5. The standard InChI is InChI=1S/C51H96N2O7/c1-8-13-30-45(31-14-9-2)58-47(54)34-26-22-18-20-24-28-38-51(50(57)52-40-17-12-5,60-49(56)44-36-41-53(42-37-44)43(6)7)39-29-25-21-19-23-27-35-48(55)59-46(32-15-10-3)33-16-11-4/h43-46H,8-42H2,1-7H3,(H,52,57). The number of carbonyl (C=O) groups is 4. The van der Waals surface area contributed by atoms with E-state index in [1.165, 1.54) is 0 Å². The van der Waals surface area contributed by atoms with Gasteiger partial charge in [-0.15, -0.1) is 0 Å². The number of rotatable bonds is 39. The first-order chi connectivity index (χ1) is 29.0. The molecule has 0 saturated carbocycles. The Bertz CT molecular complexity index is 1020. The average Bonchev–Trinajstić information content (AvgIpc) is 3.24. The van der Waals surface area contributed by atoms with E-state index < -0.39 is 5.60 Å². The minimum Gasteiger partial charge on any atom is -0.462 e. The lowest BCUT2D eigenvalue weighted by atomic mass is 9.87. The smallest absolute Gasteiger partial charge is 0.310 e. The first-order valence-corrected chi connectivity index (χ1v) is 25.7. The molecule has 0 bridgehead atoms. The van der Waals surface area contributed by atoms with Crippen molar-refractivity contribution in [2.24, 2.45) is 5.92 Å². The van der Waals surface area contributed by atoms with Crippen molar-refractivity contribution in [3.8, 4) is 0 Å². The van der Waals surface area contributed by atoms with Crippen molar-refractivity contribution in [2.75, 3.05) is 19.6 Å². The van der Waals surface area contributed by atoms with Crippen molar-refractivity contribution in [1.82, 2.24) is 10.2 Å². The van der Waals surface area contributed by atoms with E-state index in [-0.39, 0.29) is 41.9 Å². The third kappa shape index (κ3) is 26.3. The van der Waals surface area contributed by atoms with Gasteiger partial charge in [0.1, 0.15) is 12.2 Å². The molecule has 1 rings (SSSR count). The number of nitrogens with one attached hydrogen (secondary N) is 1. The van der Waals surface area contributed by atoms with Crippen LogP contribution in [0.1, 0.15) is 254 Å². The molecule has 0 atom stereocenters. The lowest BCUT2D eigenvalue weighted by Crippen LogP contribution is -2.52. The Morgan fingerprint density at radius 3 is 1.32 bits per heavy atom. The lowest BCUT2D eigenvalue weighted by molar-refractivity contribution is -0.176. The Hall–Kier alpha value is -2.16. The largest absolute Gasteiger partial charge is 0.462 e.